The Morgan fingerprint density at radius 1 is 1.14 bits per heavy atom. The van der Waals surface area contributed by atoms with Crippen LogP contribution >= 0.6 is 23.2 Å². The summed E-state index contributed by atoms with van der Waals surface area (Å²) in [7, 11) is -2.86. The van der Waals surface area contributed by atoms with Crippen LogP contribution in [-0.2, 0) is 10.1 Å². The normalized spacial score (nSPS) is 10.8. The molecule has 0 fully saturated rings. The predicted molar refractivity (Wildman–Crippen MR) is 82.0 cm³/mol. The van der Waals surface area contributed by atoms with Gasteiger partial charge in [-0.05, 0) is 24.3 Å². The molecule has 0 bridgehead atoms. The number of ether oxygens (including phenoxy) is 1. The van der Waals surface area contributed by atoms with E-state index in [9.17, 15) is 8.42 Å². The molecule has 0 atom stereocenters. The molecule has 0 saturated carbocycles. The minimum atomic E-state index is -4.20. The van der Waals surface area contributed by atoms with Gasteiger partial charge < -0.3 is 8.92 Å². The maximum Gasteiger partial charge on any atom is 0.340 e. The molecule has 0 aliphatic rings. The molecule has 0 saturated heterocycles. The number of nitrogens with zero attached hydrogens (tertiary/aromatic N) is 1. The van der Waals surface area contributed by atoms with Crippen LogP contribution in [0.5, 0.6) is 11.5 Å². The SMILES string of the molecule is COc1cc(C#N)ccc1OS(=O)(=O)c1cccc(Cl)c1Cl. The van der Waals surface area contributed by atoms with E-state index in [-0.39, 0.29) is 26.4 Å². The summed E-state index contributed by atoms with van der Waals surface area (Å²) >= 11 is 11.7. The Balaban J connectivity index is 2.46. The van der Waals surface area contributed by atoms with Gasteiger partial charge in [-0.25, -0.2) is 0 Å². The fourth-order valence-electron chi connectivity index (χ4n) is 1.65. The van der Waals surface area contributed by atoms with Gasteiger partial charge in [0.2, 0.25) is 0 Å². The molecule has 22 heavy (non-hydrogen) atoms. The molecular formula is C14H9Cl2NO4S. The molecule has 0 radical (unpaired) electrons. The van der Waals surface area contributed by atoms with Crippen LogP contribution in [0.3, 0.4) is 0 Å². The molecule has 0 spiro atoms. The van der Waals surface area contributed by atoms with Crippen molar-refractivity contribution in [2.45, 2.75) is 4.90 Å². The van der Waals surface area contributed by atoms with Crippen molar-refractivity contribution in [3.8, 4) is 17.6 Å². The molecule has 0 aliphatic heterocycles. The van der Waals surface area contributed by atoms with Crippen molar-refractivity contribution in [2.24, 2.45) is 0 Å². The van der Waals surface area contributed by atoms with Crippen LogP contribution in [0.4, 0.5) is 0 Å². The minimum Gasteiger partial charge on any atom is -0.493 e. The Morgan fingerprint density at radius 2 is 1.86 bits per heavy atom. The minimum absolute atomic E-state index is 0.0578. The second kappa shape index (κ2) is 6.44. The molecule has 0 heterocycles. The predicted octanol–water partition coefficient (Wildman–Crippen LogP) is 3.64. The first-order valence-corrected chi connectivity index (χ1v) is 8.02. The molecule has 0 aromatic heterocycles. The van der Waals surface area contributed by atoms with E-state index in [0.717, 1.165) is 0 Å². The average Bonchev–Trinajstić information content (AvgIpc) is 2.49. The summed E-state index contributed by atoms with van der Waals surface area (Å²) in [6.45, 7) is 0. The summed E-state index contributed by atoms with van der Waals surface area (Å²) in [5.41, 5.74) is 0.308. The van der Waals surface area contributed by atoms with Crippen LogP contribution in [0.15, 0.2) is 41.3 Å². The van der Waals surface area contributed by atoms with Crippen LogP contribution in [0.25, 0.3) is 0 Å². The molecule has 0 amide bonds. The number of hydrogen-bond donors (Lipinski definition) is 0. The summed E-state index contributed by atoms with van der Waals surface area (Å²) in [6.07, 6.45) is 0. The second-order valence-electron chi connectivity index (χ2n) is 4.07. The summed E-state index contributed by atoms with van der Waals surface area (Å²) in [4.78, 5) is -0.256. The van der Waals surface area contributed by atoms with E-state index in [1.165, 1.54) is 43.5 Å². The topological polar surface area (TPSA) is 76.4 Å². The Kier molecular flexibility index (Phi) is 4.81. The molecule has 2 aromatic rings. The van der Waals surface area contributed by atoms with Gasteiger partial charge in [-0.2, -0.15) is 13.7 Å². The van der Waals surface area contributed by atoms with E-state index < -0.39 is 10.1 Å². The van der Waals surface area contributed by atoms with E-state index in [2.05, 4.69) is 0 Å². The lowest BCUT2D eigenvalue weighted by Gasteiger charge is -2.12. The Morgan fingerprint density at radius 3 is 2.50 bits per heavy atom. The standard InChI is InChI=1S/C14H9Cl2NO4S/c1-20-12-7-9(8-17)5-6-11(12)21-22(18,19)13-4-2-3-10(15)14(13)16/h2-7H,1H3. The zero-order valence-corrected chi connectivity index (χ0v) is 13.5. The highest BCUT2D eigenvalue weighted by molar-refractivity contribution is 7.87. The van der Waals surface area contributed by atoms with Gasteiger partial charge in [0.05, 0.1) is 28.8 Å². The number of methoxy groups -OCH3 is 1. The van der Waals surface area contributed by atoms with Crippen LogP contribution in [0, 0.1) is 11.3 Å². The summed E-state index contributed by atoms with van der Waals surface area (Å²) in [5, 5.41) is 8.80. The summed E-state index contributed by atoms with van der Waals surface area (Å²) < 4.78 is 34.7. The Labute approximate surface area is 137 Å². The van der Waals surface area contributed by atoms with Gasteiger partial charge in [-0.3, -0.25) is 0 Å². The molecule has 0 aliphatic carbocycles. The first kappa shape index (κ1) is 16.4. The van der Waals surface area contributed by atoms with E-state index in [1.807, 2.05) is 6.07 Å². The van der Waals surface area contributed by atoms with Crippen molar-refractivity contribution in [3.63, 3.8) is 0 Å². The molecule has 5 nitrogen and oxygen atoms in total. The lowest BCUT2D eigenvalue weighted by atomic mass is 10.2. The Hall–Kier alpha value is -1.94. The van der Waals surface area contributed by atoms with Crippen LogP contribution in [0.1, 0.15) is 5.56 Å². The smallest absolute Gasteiger partial charge is 0.340 e. The van der Waals surface area contributed by atoms with Gasteiger partial charge >= 0.3 is 10.1 Å². The fourth-order valence-corrected chi connectivity index (χ4v) is 3.32. The van der Waals surface area contributed by atoms with Crippen molar-refractivity contribution in [1.29, 1.82) is 5.26 Å². The molecular weight excluding hydrogens is 349 g/mol. The molecule has 0 N–H and O–H groups in total. The van der Waals surface area contributed by atoms with Crippen LogP contribution < -0.4 is 8.92 Å². The molecule has 2 rings (SSSR count). The number of halogens is 2. The quantitative estimate of drug-likeness (QED) is 0.780. The number of hydrogen-bond acceptors (Lipinski definition) is 5. The lowest BCUT2D eigenvalue weighted by Crippen LogP contribution is -2.11. The van der Waals surface area contributed by atoms with E-state index >= 15 is 0 Å². The largest absolute Gasteiger partial charge is 0.493 e. The maximum atomic E-state index is 12.3. The van der Waals surface area contributed by atoms with Crippen LogP contribution in [0.2, 0.25) is 10.0 Å². The highest BCUT2D eigenvalue weighted by atomic mass is 35.5. The molecule has 114 valence electrons. The van der Waals surface area contributed by atoms with Gasteiger partial charge in [0.1, 0.15) is 4.90 Å². The first-order chi connectivity index (χ1) is 10.4. The van der Waals surface area contributed by atoms with Crippen molar-refractivity contribution in [1.82, 2.24) is 0 Å². The van der Waals surface area contributed by atoms with Gasteiger partial charge in [-0.1, -0.05) is 29.3 Å². The van der Waals surface area contributed by atoms with Crippen molar-refractivity contribution in [3.05, 3.63) is 52.0 Å². The van der Waals surface area contributed by atoms with Gasteiger partial charge in [0, 0.05) is 6.07 Å². The van der Waals surface area contributed by atoms with E-state index in [4.69, 9.17) is 37.4 Å². The van der Waals surface area contributed by atoms with E-state index in [1.54, 1.807) is 0 Å². The molecule has 0 unspecified atom stereocenters. The summed E-state index contributed by atoms with van der Waals surface area (Å²) in [6, 6.07) is 10.2. The third-order valence-corrected chi connectivity index (χ3v) is 4.89. The number of nitriles is 1. The highest BCUT2D eigenvalue weighted by Crippen LogP contribution is 2.34. The van der Waals surface area contributed by atoms with Gasteiger partial charge in [-0.15, -0.1) is 0 Å². The maximum absolute atomic E-state index is 12.3. The number of benzene rings is 2. The fraction of sp³-hybridized carbons (Fsp3) is 0.0714. The van der Waals surface area contributed by atoms with Crippen molar-refractivity contribution >= 4 is 33.3 Å². The third kappa shape index (κ3) is 3.28. The van der Waals surface area contributed by atoms with Gasteiger partial charge in [0.25, 0.3) is 0 Å². The second-order valence-corrected chi connectivity index (χ2v) is 6.37. The summed E-state index contributed by atoms with van der Waals surface area (Å²) in [5.74, 6) is 0.0540. The average molecular weight is 358 g/mol. The van der Waals surface area contributed by atoms with Crippen LogP contribution in [-0.4, -0.2) is 15.5 Å². The van der Waals surface area contributed by atoms with Crippen molar-refractivity contribution in [2.75, 3.05) is 7.11 Å². The Bertz CT molecular complexity index is 860. The number of rotatable bonds is 4. The zero-order valence-electron chi connectivity index (χ0n) is 11.2. The monoisotopic (exact) mass is 357 g/mol. The van der Waals surface area contributed by atoms with Gasteiger partial charge in [0.15, 0.2) is 11.5 Å². The third-order valence-electron chi connectivity index (χ3n) is 2.68. The zero-order chi connectivity index (χ0) is 16.3. The molecule has 2 aromatic carbocycles. The van der Waals surface area contributed by atoms with Crippen molar-refractivity contribution < 1.29 is 17.3 Å². The first-order valence-electron chi connectivity index (χ1n) is 5.85. The highest BCUT2D eigenvalue weighted by Gasteiger charge is 2.23. The molecule has 8 heteroatoms. The lowest BCUT2D eigenvalue weighted by molar-refractivity contribution is 0.390. The van der Waals surface area contributed by atoms with E-state index in [0.29, 0.717) is 5.56 Å².